The molecule has 3 rings (SSSR count). The molecule has 0 atom stereocenters. The molecule has 1 aliphatic heterocycles. The molecule has 0 amide bonds. The van der Waals surface area contributed by atoms with Crippen LogP contribution in [0.25, 0.3) is 6.08 Å². The third-order valence-electron chi connectivity index (χ3n) is 3.68. The lowest BCUT2D eigenvalue weighted by atomic mass is 10.1. The van der Waals surface area contributed by atoms with E-state index in [-0.39, 0.29) is 24.1 Å². The molecule has 1 N–H and O–H groups in total. The molecule has 1 heterocycles. The van der Waals surface area contributed by atoms with Gasteiger partial charge in [-0.25, -0.2) is 4.79 Å². The standard InChI is InChI=1S/C19H15ClO7/c1-24-16-8-12(3-5-15(16)25-9-18(22)23)14(21)4-2-11-6-13(20)19-17(7-11)26-10-27-19/h2-8H,9-10H2,1H3,(H,22,23). The molecule has 0 bridgehead atoms. The lowest BCUT2D eigenvalue weighted by Crippen LogP contribution is -2.10. The summed E-state index contributed by atoms with van der Waals surface area (Å²) < 4.78 is 20.8. The fraction of sp³-hybridized carbons (Fsp3) is 0.158. The molecule has 0 aromatic heterocycles. The molecule has 1 aliphatic rings. The maximum absolute atomic E-state index is 12.4. The Balaban J connectivity index is 1.77. The molecule has 0 fully saturated rings. The van der Waals surface area contributed by atoms with Crippen molar-refractivity contribution in [3.63, 3.8) is 0 Å². The minimum Gasteiger partial charge on any atom is -0.493 e. The van der Waals surface area contributed by atoms with Crippen LogP contribution < -0.4 is 18.9 Å². The Morgan fingerprint density at radius 3 is 2.78 bits per heavy atom. The van der Waals surface area contributed by atoms with Crippen molar-refractivity contribution >= 4 is 29.4 Å². The molecule has 0 saturated heterocycles. The monoisotopic (exact) mass is 390 g/mol. The zero-order valence-corrected chi connectivity index (χ0v) is 15.0. The summed E-state index contributed by atoms with van der Waals surface area (Å²) in [6.45, 7) is -0.397. The fourth-order valence-corrected chi connectivity index (χ4v) is 2.70. The minimum atomic E-state index is -1.11. The molecule has 0 aliphatic carbocycles. The van der Waals surface area contributed by atoms with Gasteiger partial charge in [-0.3, -0.25) is 4.79 Å². The molecule has 0 unspecified atom stereocenters. The molecule has 0 saturated carbocycles. The van der Waals surface area contributed by atoms with Crippen LogP contribution in [0.4, 0.5) is 0 Å². The summed E-state index contributed by atoms with van der Waals surface area (Å²) in [6, 6.07) is 7.89. The summed E-state index contributed by atoms with van der Waals surface area (Å²) in [7, 11) is 1.40. The first-order valence-corrected chi connectivity index (χ1v) is 8.20. The highest BCUT2D eigenvalue weighted by molar-refractivity contribution is 6.32. The zero-order chi connectivity index (χ0) is 19.4. The van der Waals surface area contributed by atoms with Gasteiger partial charge in [-0.2, -0.15) is 0 Å². The summed E-state index contributed by atoms with van der Waals surface area (Å²) in [6.07, 6.45) is 3.00. The average Bonchev–Trinajstić information content (AvgIpc) is 3.13. The van der Waals surface area contributed by atoms with Gasteiger partial charge in [0.05, 0.1) is 12.1 Å². The van der Waals surface area contributed by atoms with E-state index in [9.17, 15) is 9.59 Å². The molecular formula is C19H15ClO7. The van der Waals surface area contributed by atoms with Crippen molar-refractivity contribution in [1.29, 1.82) is 0 Å². The average molecular weight is 391 g/mol. The predicted octanol–water partition coefficient (Wildman–Crippen LogP) is 3.44. The molecule has 8 heteroatoms. The number of methoxy groups -OCH3 is 1. The number of rotatable bonds is 7. The molecule has 0 spiro atoms. The van der Waals surface area contributed by atoms with Gasteiger partial charge in [-0.1, -0.05) is 17.7 Å². The van der Waals surface area contributed by atoms with Gasteiger partial charge in [-0.15, -0.1) is 0 Å². The van der Waals surface area contributed by atoms with E-state index in [4.69, 9.17) is 35.7 Å². The van der Waals surface area contributed by atoms with Gasteiger partial charge < -0.3 is 24.1 Å². The van der Waals surface area contributed by atoms with E-state index < -0.39 is 12.6 Å². The van der Waals surface area contributed by atoms with Crippen LogP contribution in [0.5, 0.6) is 23.0 Å². The van der Waals surface area contributed by atoms with Gasteiger partial charge in [0.15, 0.2) is 35.4 Å². The summed E-state index contributed by atoms with van der Waals surface area (Å²) in [4.78, 5) is 23.0. The number of fused-ring (bicyclic) bond motifs is 1. The van der Waals surface area contributed by atoms with E-state index >= 15 is 0 Å². The van der Waals surface area contributed by atoms with Crippen molar-refractivity contribution in [2.45, 2.75) is 0 Å². The zero-order valence-electron chi connectivity index (χ0n) is 14.2. The number of hydrogen-bond acceptors (Lipinski definition) is 6. The SMILES string of the molecule is COc1cc(C(=O)C=Cc2cc(Cl)c3c(c2)OCO3)ccc1OCC(=O)O. The Kier molecular flexibility index (Phi) is 5.52. The number of hydrogen-bond donors (Lipinski definition) is 1. The molecular weight excluding hydrogens is 376 g/mol. The highest BCUT2D eigenvalue weighted by atomic mass is 35.5. The van der Waals surface area contributed by atoms with Crippen molar-refractivity contribution in [3.05, 3.63) is 52.6 Å². The lowest BCUT2D eigenvalue weighted by molar-refractivity contribution is -0.139. The second kappa shape index (κ2) is 8.01. The highest BCUT2D eigenvalue weighted by Crippen LogP contribution is 2.40. The maximum atomic E-state index is 12.4. The summed E-state index contributed by atoms with van der Waals surface area (Å²) in [5, 5.41) is 9.08. The van der Waals surface area contributed by atoms with E-state index in [1.165, 1.54) is 31.4 Å². The van der Waals surface area contributed by atoms with Gasteiger partial charge in [0, 0.05) is 5.56 Å². The normalized spacial score (nSPS) is 12.2. The third kappa shape index (κ3) is 4.32. The second-order valence-electron chi connectivity index (χ2n) is 5.48. The van der Waals surface area contributed by atoms with Crippen LogP contribution in [0.15, 0.2) is 36.4 Å². The predicted molar refractivity (Wildman–Crippen MR) is 97.1 cm³/mol. The summed E-state index contributed by atoms with van der Waals surface area (Å²) in [5.74, 6) is 0.136. The van der Waals surface area contributed by atoms with Crippen molar-refractivity contribution in [2.24, 2.45) is 0 Å². The van der Waals surface area contributed by atoms with E-state index in [1.54, 1.807) is 18.2 Å². The van der Waals surface area contributed by atoms with Crippen molar-refractivity contribution in [2.75, 3.05) is 20.5 Å². The van der Waals surface area contributed by atoms with Crippen LogP contribution >= 0.6 is 11.6 Å². The van der Waals surface area contributed by atoms with Crippen LogP contribution in [0.2, 0.25) is 5.02 Å². The Morgan fingerprint density at radius 1 is 1.22 bits per heavy atom. The minimum absolute atomic E-state index is 0.108. The number of carbonyl (C=O) groups is 2. The van der Waals surface area contributed by atoms with E-state index in [0.717, 1.165) is 0 Å². The number of benzene rings is 2. The number of carbonyl (C=O) groups excluding carboxylic acids is 1. The molecule has 0 radical (unpaired) electrons. The fourth-order valence-electron chi connectivity index (χ4n) is 2.43. The van der Waals surface area contributed by atoms with Gasteiger partial charge in [0.2, 0.25) is 6.79 Å². The first kappa shape index (κ1) is 18.6. The van der Waals surface area contributed by atoms with Crippen molar-refractivity contribution in [3.8, 4) is 23.0 Å². The van der Waals surface area contributed by atoms with Crippen LogP contribution in [0, 0.1) is 0 Å². The third-order valence-corrected chi connectivity index (χ3v) is 3.96. The van der Waals surface area contributed by atoms with Gasteiger partial charge in [0.1, 0.15) is 0 Å². The van der Waals surface area contributed by atoms with Crippen molar-refractivity contribution in [1.82, 2.24) is 0 Å². The Labute approximate surface area is 159 Å². The summed E-state index contributed by atoms with van der Waals surface area (Å²) in [5.41, 5.74) is 1.04. The molecule has 2 aromatic carbocycles. The smallest absolute Gasteiger partial charge is 0.341 e. The topological polar surface area (TPSA) is 91.3 Å². The molecule has 140 valence electrons. The Hall–Kier alpha value is -3.19. The number of ether oxygens (including phenoxy) is 4. The van der Waals surface area contributed by atoms with Crippen LogP contribution in [0.1, 0.15) is 15.9 Å². The van der Waals surface area contributed by atoms with E-state index in [0.29, 0.717) is 27.6 Å². The van der Waals surface area contributed by atoms with Gasteiger partial charge >= 0.3 is 5.97 Å². The van der Waals surface area contributed by atoms with Crippen LogP contribution in [-0.4, -0.2) is 37.4 Å². The van der Waals surface area contributed by atoms with Crippen molar-refractivity contribution < 1.29 is 33.6 Å². The largest absolute Gasteiger partial charge is 0.493 e. The Morgan fingerprint density at radius 2 is 2.04 bits per heavy atom. The van der Waals surface area contributed by atoms with Gasteiger partial charge in [0.25, 0.3) is 0 Å². The number of carboxylic acid groups (broad SMARTS) is 1. The maximum Gasteiger partial charge on any atom is 0.341 e. The molecule has 7 nitrogen and oxygen atoms in total. The number of carboxylic acids is 1. The number of halogens is 1. The molecule has 27 heavy (non-hydrogen) atoms. The van der Waals surface area contributed by atoms with E-state index in [1.807, 2.05) is 0 Å². The number of allylic oxidation sites excluding steroid dienone is 1. The summed E-state index contributed by atoms with van der Waals surface area (Å²) >= 11 is 6.12. The van der Waals surface area contributed by atoms with Gasteiger partial charge in [-0.05, 0) is 42.0 Å². The number of ketones is 1. The first-order chi connectivity index (χ1) is 13.0. The lowest BCUT2D eigenvalue weighted by Gasteiger charge is -2.10. The number of aliphatic carboxylic acids is 1. The first-order valence-electron chi connectivity index (χ1n) is 7.82. The Bertz CT molecular complexity index is 921. The highest BCUT2D eigenvalue weighted by Gasteiger charge is 2.17. The second-order valence-corrected chi connectivity index (χ2v) is 5.89. The van der Waals surface area contributed by atoms with Crippen LogP contribution in [0.3, 0.4) is 0 Å². The molecule has 2 aromatic rings. The van der Waals surface area contributed by atoms with E-state index in [2.05, 4.69) is 0 Å². The van der Waals surface area contributed by atoms with Crippen LogP contribution in [-0.2, 0) is 4.79 Å². The quantitative estimate of drug-likeness (QED) is 0.572.